The van der Waals surface area contributed by atoms with Gasteiger partial charge in [0.05, 0.1) is 11.3 Å². The van der Waals surface area contributed by atoms with Crippen molar-refractivity contribution in [2.24, 2.45) is 0 Å². The number of pyridine rings is 1. The van der Waals surface area contributed by atoms with Crippen LogP contribution in [0.15, 0.2) is 42.6 Å². The predicted molar refractivity (Wildman–Crippen MR) is 106 cm³/mol. The fraction of sp³-hybridized carbons (Fsp3) is 0.455. The van der Waals surface area contributed by atoms with Gasteiger partial charge in [0, 0.05) is 39.0 Å². The SMILES string of the molecule is Cc1cccnc1CN1C[C@@H]2OCCCCNC(=O)c3ccccc3O[C@@H]2C1. The molecule has 2 aliphatic heterocycles. The molecule has 1 amide bonds. The van der Waals surface area contributed by atoms with Gasteiger partial charge in [-0.3, -0.25) is 14.7 Å². The second kappa shape index (κ2) is 8.71. The molecule has 2 atom stereocenters. The molecule has 28 heavy (non-hydrogen) atoms. The van der Waals surface area contributed by atoms with Gasteiger partial charge in [0.1, 0.15) is 18.0 Å². The second-order valence-corrected chi connectivity index (χ2v) is 7.49. The van der Waals surface area contributed by atoms with E-state index >= 15 is 0 Å². The van der Waals surface area contributed by atoms with E-state index in [1.54, 1.807) is 0 Å². The summed E-state index contributed by atoms with van der Waals surface area (Å²) in [5.41, 5.74) is 2.86. The van der Waals surface area contributed by atoms with Gasteiger partial charge < -0.3 is 14.8 Å². The lowest BCUT2D eigenvalue weighted by Gasteiger charge is -2.23. The van der Waals surface area contributed by atoms with Crippen molar-refractivity contribution in [1.29, 1.82) is 0 Å². The Morgan fingerprint density at radius 3 is 2.89 bits per heavy atom. The molecule has 2 aromatic rings. The molecule has 0 bridgehead atoms. The molecule has 0 spiro atoms. The van der Waals surface area contributed by atoms with Crippen LogP contribution in [0.2, 0.25) is 0 Å². The number of carbonyl (C=O) groups excluding carboxylic acids is 1. The maximum absolute atomic E-state index is 12.5. The molecule has 6 nitrogen and oxygen atoms in total. The van der Waals surface area contributed by atoms with E-state index in [0.717, 1.165) is 38.2 Å². The zero-order chi connectivity index (χ0) is 19.3. The van der Waals surface area contributed by atoms with Crippen molar-refractivity contribution < 1.29 is 14.3 Å². The first-order chi connectivity index (χ1) is 13.7. The molecule has 2 aliphatic rings. The van der Waals surface area contributed by atoms with Crippen LogP contribution in [0.4, 0.5) is 0 Å². The summed E-state index contributed by atoms with van der Waals surface area (Å²) in [6, 6.07) is 11.5. The van der Waals surface area contributed by atoms with Crippen LogP contribution < -0.4 is 10.1 Å². The highest BCUT2D eigenvalue weighted by Gasteiger charge is 2.36. The van der Waals surface area contributed by atoms with E-state index in [4.69, 9.17) is 9.47 Å². The van der Waals surface area contributed by atoms with Gasteiger partial charge in [-0.15, -0.1) is 0 Å². The summed E-state index contributed by atoms with van der Waals surface area (Å²) in [6.45, 7) is 5.74. The summed E-state index contributed by atoms with van der Waals surface area (Å²) >= 11 is 0. The minimum atomic E-state index is -0.114. The Morgan fingerprint density at radius 1 is 1.14 bits per heavy atom. The van der Waals surface area contributed by atoms with Crippen LogP contribution in [0.25, 0.3) is 0 Å². The minimum Gasteiger partial charge on any atom is -0.485 e. The first kappa shape index (κ1) is 18.9. The maximum Gasteiger partial charge on any atom is 0.255 e. The van der Waals surface area contributed by atoms with Crippen LogP contribution in [0.1, 0.15) is 34.5 Å². The van der Waals surface area contributed by atoms with Gasteiger partial charge in [-0.25, -0.2) is 0 Å². The third-order valence-corrected chi connectivity index (χ3v) is 5.38. The number of hydrogen-bond donors (Lipinski definition) is 1. The van der Waals surface area contributed by atoms with Crippen LogP contribution in [0.3, 0.4) is 0 Å². The Hall–Kier alpha value is -2.44. The van der Waals surface area contributed by atoms with E-state index < -0.39 is 0 Å². The van der Waals surface area contributed by atoms with Crippen molar-refractivity contribution in [2.45, 2.75) is 38.5 Å². The van der Waals surface area contributed by atoms with Gasteiger partial charge in [-0.2, -0.15) is 0 Å². The van der Waals surface area contributed by atoms with Crippen LogP contribution in [0.5, 0.6) is 5.75 Å². The van der Waals surface area contributed by atoms with Crippen molar-refractivity contribution in [3.8, 4) is 5.75 Å². The lowest BCUT2D eigenvalue weighted by atomic mass is 10.1. The smallest absolute Gasteiger partial charge is 0.255 e. The molecule has 1 aromatic carbocycles. The number of nitrogens with zero attached hydrogens (tertiary/aromatic N) is 2. The van der Waals surface area contributed by atoms with Gasteiger partial charge in [-0.1, -0.05) is 18.2 Å². The number of carbonyl (C=O) groups is 1. The molecule has 6 heteroatoms. The van der Waals surface area contributed by atoms with Crippen molar-refractivity contribution in [3.63, 3.8) is 0 Å². The van der Waals surface area contributed by atoms with Crippen molar-refractivity contribution in [3.05, 3.63) is 59.4 Å². The summed E-state index contributed by atoms with van der Waals surface area (Å²) in [7, 11) is 0. The van der Waals surface area contributed by atoms with Crippen LogP contribution in [-0.2, 0) is 11.3 Å². The lowest BCUT2D eigenvalue weighted by Crippen LogP contribution is -2.34. The number of benzene rings is 1. The minimum absolute atomic E-state index is 0.0143. The summed E-state index contributed by atoms with van der Waals surface area (Å²) < 4.78 is 12.5. The second-order valence-electron chi connectivity index (χ2n) is 7.49. The van der Waals surface area contributed by atoms with E-state index in [-0.39, 0.29) is 18.1 Å². The fourth-order valence-electron chi connectivity index (χ4n) is 3.80. The molecule has 148 valence electrons. The Labute approximate surface area is 165 Å². The first-order valence-corrected chi connectivity index (χ1v) is 9.99. The van der Waals surface area contributed by atoms with Gasteiger partial charge >= 0.3 is 0 Å². The quantitative estimate of drug-likeness (QED) is 0.866. The van der Waals surface area contributed by atoms with Crippen LogP contribution >= 0.6 is 0 Å². The molecule has 0 saturated carbocycles. The third-order valence-electron chi connectivity index (χ3n) is 5.38. The Balaban J connectivity index is 1.54. The number of likely N-dealkylation sites (tertiary alicyclic amines) is 1. The number of aryl methyl sites for hydroxylation is 1. The molecule has 1 aromatic heterocycles. The Bertz CT molecular complexity index is 826. The molecule has 3 heterocycles. The summed E-state index contributed by atoms with van der Waals surface area (Å²) in [5.74, 6) is 0.544. The summed E-state index contributed by atoms with van der Waals surface area (Å²) in [6.07, 6.45) is 3.54. The van der Waals surface area contributed by atoms with Crippen LogP contribution in [-0.4, -0.2) is 54.2 Å². The monoisotopic (exact) mass is 381 g/mol. The molecule has 0 aliphatic carbocycles. The average molecular weight is 381 g/mol. The molecule has 0 unspecified atom stereocenters. The number of hydrogen-bond acceptors (Lipinski definition) is 5. The van der Waals surface area contributed by atoms with Crippen molar-refractivity contribution in [1.82, 2.24) is 15.2 Å². The largest absolute Gasteiger partial charge is 0.485 e. The van der Waals surface area contributed by atoms with E-state index in [9.17, 15) is 4.79 Å². The molecular weight excluding hydrogens is 354 g/mol. The number of nitrogens with one attached hydrogen (secondary N) is 1. The molecule has 0 radical (unpaired) electrons. The average Bonchev–Trinajstić information content (AvgIpc) is 3.07. The van der Waals surface area contributed by atoms with E-state index in [1.807, 2.05) is 36.5 Å². The molecule has 4 rings (SSSR count). The number of ether oxygens (including phenoxy) is 2. The van der Waals surface area contributed by atoms with Gasteiger partial charge in [0.25, 0.3) is 5.91 Å². The highest BCUT2D eigenvalue weighted by atomic mass is 16.5. The first-order valence-electron chi connectivity index (χ1n) is 9.99. The third kappa shape index (κ3) is 4.34. The zero-order valence-electron chi connectivity index (χ0n) is 16.3. The van der Waals surface area contributed by atoms with E-state index in [1.165, 1.54) is 5.56 Å². The highest BCUT2D eigenvalue weighted by Crippen LogP contribution is 2.26. The predicted octanol–water partition coefficient (Wildman–Crippen LogP) is 2.56. The number of aromatic nitrogens is 1. The number of fused-ring (bicyclic) bond motifs is 2. The molecule has 1 N–H and O–H groups in total. The Morgan fingerprint density at radius 2 is 2.00 bits per heavy atom. The molecule has 1 saturated heterocycles. The maximum atomic E-state index is 12.5. The highest BCUT2D eigenvalue weighted by molar-refractivity contribution is 5.96. The van der Waals surface area contributed by atoms with Gasteiger partial charge in [0.15, 0.2) is 0 Å². The van der Waals surface area contributed by atoms with Crippen molar-refractivity contribution >= 4 is 5.91 Å². The fourth-order valence-corrected chi connectivity index (χ4v) is 3.80. The standard InChI is InChI=1S/C22H27N3O3/c1-16-7-6-11-23-18(16)13-25-14-20-21(15-25)28-19-9-3-2-8-17(19)22(26)24-10-4-5-12-27-20/h2-3,6-9,11,20-21H,4-5,10,12-15H2,1H3,(H,24,26)/t20-,21+/m0/s1. The summed E-state index contributed by atoms with van der Waals surface area (Å²) in [5, 5.41) is 2.97. The van der Waals surface area contributed by atoms with E-state index in [2.05, 4.69) is 28.2 Å². The van der Waals surface area contributed by atoms with Gasteiger partial charge in [0.2, 0.25) is 0 Å². The Kier molecular flexibility index (Phi) is 5.88. The normalized spacial score (nSPS) is 23.5. The van der Waals surface area contributed by atoms with Gasteiger partial charge in [-0.05, 0) is 43.5 Å². The lowest BCUT2D eigenvalue weighted by molar-refractivity contribution is -0.000383. The number of rotatable bonds is 2. The van der Waals surface area contributed by atoms with Crippen molar-refractivity contribution in [2.75, 3.05) is 26.2 Å². The van der Waals surface area contributed by atoms with E-state index in [0.29, 0.717) is 24.5 Å². The number of amides is 1. The topological polar surface area (TPSA) is 63.7 Å². The summed E-state index contributed by atoms with van der Waals surface area (Å²) in [4.78, 5) is 19.4. The molecule has 1 fully saturated rings. The number of para-hydroxylation sites is 1. The molecular formula is C22H27N3O3. The van der Waals surface area contributed by atoms with Crippen LogP contribution in [0, 0.1) is 6.92 Å². The zero-order valence-corrected chi connectivity index (χ0v) is 16.3.